The summed E-state index contributed by atoms with van der Waals surface area (Å²) in [6.07, 6.45) is 0. The number of nitro groups is 1. The molecule has 0 saturated heterocycles. The van der Waals surface area contributed by atoms with Crippen molar-refractivity contribution < 1.29 is 9.66 Å². The van der Waals surface area contributed by atoms with Crippen LogP contribution in [0, 0.1) is 10.1 Å². The molecule has 2 rings (SSSR count). The highest BCUT2D eigenvalue weighted by Crippen LogP contribution is 2.22. The summed E-state index contributed by atoms with van der Waals surface area (Å²) in [6.45, 7) is -0.171. The van der Waals surface area contributed by atoms with E-state index >= 15 is 0 Å². The molecule has 0 heterocycles. The molecule has 5 heteroatoms. The molecule has 0 bridgehead atoms. The molecule has 0 aromatic heterocycles. The van der Waals surface area contributed by atoms with Gasteiger partial charge in [0.2, 0.25) is 6.54 Å². The number of nitrogens with one attached hydrogen (secondary N) is 1. The summed E-state index contributed by atoms with van der Waals surface area (Å²) in [6, 6.07) is 16.3. The molecule has 0 aliphatic heterocycles. The third-order valence-electron chi connectivity index (χ3n) is 2.96. The molecule has 5 nitrogen and oxygen atoms in total. The quantitative estimate of drug-likeness (QED) is 0.648. The van der Waals surface area contributed by atoms with Crippen LogP contribution in [0.2, 0.25) is 0 Å². The van der Waals surface area contributed by atoms with Crippen molar-refractivity contribution in [3.8, 4) is 5.75 Å². The van der Waals surface area contributed by atoms with E-state index in [9.17, 15) is 10.1 Å². The first kappa shape index (κ1) is 13.9. The van der Waals surface area contributed by atoms with Gasteiger partial charge in [0.1, 0.15) is 11.8 Å². The summed E-state index contributed by atoms with van der Waals surface area (Å²) in [5.74, 6) is 0.751. The van der Waals surface area contributed by atoms with Gasteiger partial charge in [-0.3, -0.25) is 10.1 Å². The van der Waals surface area contributed by atoms with Crippen molar-refractivity contribution in [3.05, 3.63) is 70.3 Å². The number of methoxy groups -OCH3 is 1. The van der Waals surface area contributed by atoms with Gasteiger partial charge in [0.25, 0.3) is 0 Å². The van der Waals surface area contributed by atoms with E-state index in [1.807, 2.05) is 54.6 Å². The normalized spacial score (nSPS) is 11.7. The van der Waals surface area contributed by atoms with Crippen LogP contribution < -0.4 is 10.1 Å². The highest BCUT2D eigenvalue weighted by atomic mass is 16.6. The van der Waals surface area contributed by atoms with Gasteiger partial charge < -0.3 is 10.1 Å². The Balaban J connectivity index is 2.16. The monoisotopic (exact) mass is 272 g/mol. The maximum Gasteiger partial charge on any atom is 0.227 e. The predicted molar refractivity (Wildman–Crippen MR) is 77.7 cm³/mol. The van der Waals surface area contributed by atoms with E-state index in [0.717, 1.165) is 17.0 Å². The molecule has 1 atom stereocenters. The fraction of sp³-hybridized carbons (Fsp3) is 0.200. The van der Waals surface area contributed by atoms with Crippen LogP contribution in [0.3, 0.4) is 0 Å². The molecule has 0 saturated carbocycles. The minimum atomic E-state index is -0.361. The summed E-state index contributed by atoms with van der Waals surface area (Å²) in [4.78, 5) is 10.5. The SMILES string of the molecule is COc1ccc(NC(C[N+](=O)[O-])c2ccccc2)cc1. The van der Waals surface area contributed by atoms with Crippen LogP contribution in [0.4, 0.5) is 5.69 Å². The Labute approximate surface area is 117 Å². The fourth-order valence-corrected chi connectivity index (χ4v) is 1.96. The van der Waals surface area contributed by atoms with Crippen molar-refractivity contribution in [2.24, 2.45) is 0 Å². The van der Waals surface area contributed by atoms with E-state index in [0.29, 0.717) is 0 Å². The minimum absolute atomic E-state index is 0.171. The molecule has 1 unspecified atom stereocenters. The molecule has 0 spiro atoms. The second kappa shape index (κ2) is 6.56. The van der Waals surface area contributed by atoms with Gasteiger partial charge in [0.15, 0.2) is 0 Å². The first-order valence-corrected chi connectivity index (χ1v) is 6.26. The van der Waals surface area contributed by atoms with Gasteiger partial charge in [-0.2, -0.15) is 0 Å². The van der Waals surface area contributed by atoms with Crippen molar-refractivity contribution in [1.29, 1.82) is 0 Å². The van der Waals surface area contributed by atoms with Crippen molar-refractivity contribution in [2.45, 2.75) is 6.04 Å². The number of ether oxygens (including phenoxy) is 1. The third kappa shape index (κ3) is 3.71. The highest BCUT2D eigenvalue weighted by molar-refractivity contribution is 5.48. The van der Waals surface area contributed by atoms with E-state index in [4.69, 9.17) is 4.74 Å². The maximum atomic E-state index is 10.8. The molecular weight excluding hydrogens is 256 g/mol. The van der Waals surface area contributed by atoms with Crippen LogP contribution in [-0.2, 0) is 0 Å². The summed E-state index contributed by atoms with van der Waals surface area (Å²) in [5.41, 5.74) is 1.71. The van der Waals surface area contributed by atoms with Gasteiger partial charge in [-0.05, 0) is 29.8 Å². The molecule has 2 aromatic carbocycles. The van der Waals surface area contributed by atoms with Gasteiger partial charge >= 0.3 is 0 Å². The van der Waals surface area contributed by atoms with E-state index in [1.54, 1.807) is 7.11 Å². The molecule has 0 fully saturated rings. The summed E-state index contributed by atoms with van der Waals surface area (Å²) in [7, 11) is 1.60. The van der Waals surface area contributed by atoms with Crippen molar-refractivity contribution in [2.75, 3.05) is 19.0 Å². The lowest BCUT2D eigenvalue weighted by Gasteiger charge is -2.17. The summed E-state index contributed by atoms with van der Waals surface area (Å²) >= 11 is 0. The second-order valence-electron chi connectivity index (χ2n) is 4.35. The van der Waals surface area contributed by atoms with Gasteiger partial charge in [-0.25, -0.2) is 0 Å². The average Bonchev–Trinajstić information content (AvgIpc) is 2.48. The fourth-order valence-electron chi connectivity index (χ4n) is 1.96. The Hall–Kier alpha value is -2.56. The second-order valence-corrected chi connectivity index (χ2v) is 4.35. The number of hydrogen-bond acceptors (Lipinski definition) is 4. The number of nitrogens with zero attached hydrogens (tertiary/aromatic N) is 1. The minimum Gasteiger partial charge on any atom is -0.497 e. The summed E-state index contributed by atoms with van der Waals surface area (Å²) in [5, 5.41) is 14.0. The Morgan fingerprint density at radius 3 is 2.35 bits per heavy atom. The van der Waals surface area contributed by atoms with Crippen LogP contribution in [0.15, 0.2) is 54.6 Å². The van der Waals surface area contributed by atoms with Crippen LogP contribution in [0.1, 0.15) is 11.6 Å². The maximum absolute atomic E-state index is 10.8. The molecular formula is C15H16N2O3. The number of hydrogen-bond donors (Lipinski definition) is 1. The molecule has 104 valence electrons. The smallest absolute Gasteiger partial charge is 0.227 e. The van der Waals surface area contributed by atoms with Gasteiger partial charge in [0.05, 0.1) is 7.11 Å². The average molecular weight is 272 g/mol. The van der Waals surface area contributed by atoms with Crippen LogP contribution in [0.5, 0.6) is 5.75 Å². The lowest BCUT2D eigenvalue weighted by molar-refractivity contribution is -0.482. The van der Waals surface area contributed by atoms with E-state index < -0.39 is 0 Å². The standard InChI is InChI=1S/C15H16N2O3/c1-20-14-9-7-13(8-10-14)16-15(11-17(18)19)12-5-3-2-4-6-12/h2-10,15-16H,11H2,1H3. The molecule has 0 radical (unpaired) electrons. The zero-order valence-corrected chi connectivity index (χ0v) is 11.2. The molecule has 1 N–H and O–H groups in total. The van der Waals surface area contributed by atoms with Gasteiger partial charge in [-0.1, -0.05) is 30.3 Å². The van der Waals surface area contributed by atoms with Gasteiger partial charge in [0, 0.05) is 10.6 Å². The van der Waals surface area contributed by atoms with Crippen LogP contribution in [-0.4, -0.2) is 18.6 Å². The molecule has 20 heavy (non-hydrogen) atoms. The predicted octanol–water partition coefficient (Wildman–Crippen LogP) is 3.13. The lowest BCUT2D eigenvalue weighted by atomic mass is 10.1. The Morgan fingerprint density at radius 1 is 1.15 bits per heavy atom. The lowest BCUT2D eigenvalue weighted by Crippen LogP contribution is -2.20. The molecule has 0 aliphatic rings. The zero-order chi connectivity index (χ0) is 14.4. The highest BCUT2D eigenvalue weighted by Gasteiger charge is 2.17. The van der Waals surface area contributed by atoms with Crippen molar-refractivity contribution in [1.82, 2.24) is 0 Å². The number of anilines is 1. The van der Waals surface area contributed by atoms with Crippen LogP contribution >= 0.6 is 0 Å². The third-order valence-corrected chi connectivity index (χ3v) is 2.96. The van der Waals surface area contributed by atoms with Crippen molar-refractivity contribution in [3.63, 3.8) is 0 Å². The number of rotatable bonds is 6. The molecule has 0 aliphatic carbocycles. The van der Waals surface area contributed by atoms with E-state index in [2.05, 4.69) is 5.32 Å². The largest absolute Gasteiger partial charge is 0.497 e. The zero-order valence-electron chi connectivity index (χ0n) is 11.2. The van der Waals surface area contributed by atoms with E-state index in [-0.39, 0.29) is 17.5 Å². The topological polar surface area (TPSA) is 64.4 Å². The molecule has 2 aromatic rings. The first-order chi connectivity index (χ1) is 9.69. The Kier molecular flexibility index (Phi) is 4.55. The Morgan fingerprint density at radius 2 is 1.80 bits per heavy atom. The Bertz CT molecular complexity index is 555. The molecule has 0 amide bonds. The van der Waals surface area contributed by atoms with Crippen molar-refractivity contribution >= 4 is 5.69 Å². The van der Waals surface area contributed by atoms with Gasteiger partial charge in [-0.15, -0.1) is 0 Å². The first-order valence-electron chi connectivity index (χ1n) is 6.26. The summed E-state index contributed by atoms with van der Waals surface area (Å²) < 4.78 is 5.09. The number of benzene rings is 2. The van der Waals surface area contributed by atoms with Crippen LogP contribution in [0.25, 0.3) is 0 Å². The van der Waals surface area contributed by atoms with E-state index in [1.165, 1.54) is 0 Å².